The highest BCUT2D eigenvalue weighted by molar-refractivity contribution is 14.0. The second-order valence-corrected chi connectivity index (χ2v) is 5.74. The third-order valence-corrected chi connectivity index (χ3v) is 3.80. The van der Waals surface area contributed by atoms with E-state index in [4.69, 9.17) is 4.74 Å². The molecule has 0 unspecified atom stereocenters. The Morgan fingerprint density at radius 2 is 1.96 bits per heavy atom. The summed E-state index contributed by atoms with van der Waals surface area (Å²) >= 11 is 0. The van der Waals surface area contributed by atoms with Crippen molar-refractivity contribution in [3.05, 3.63) is 0 Å². The van der Waals surface area contributed by atoms with Crippen LogP contribution in [0.1, 0.15) is 26.7 Å². The molecule has 138 valence electrons. The van der Waals surface area contributed by atoms with Gasteiger partial charge in [-0.3, -0.25) is 4.99 Å². The molecule has 0 saturated carbocycles. The van der Waals surface area contributed by atoms with Crippen molar-refractivity contribution in [1.29, 1.82) is 0 Å². The number of aliphatic imine (C=N–C) groups is 1. The van der Waals surface area contributed by atoms with Crippen molar-refractivity contribution in [2.75, 3.05) is 72.6 Å². The van der Waals surface area contributed by atoms with Crippen LogP contribution in [0.2, 0.25) is 0 Å². The molecule has 23 heavy (non-hydrogen) atoms. The third-order valence-electron chi connectivity index (χ3n) is 3.80. The normalized spacial score (nSPS) is 17.4. The van der Waals surface area contributed by atoms with E-state index < -0.39 is 0 Å². The summed E-state index contributed by atoms with van der Waals surface area (Å²) in [6, 6.07) is 0. The molecule has 0 atom stereocenters. The van der Waals surface area contributed by atoms with Crippen molar-refractivity contribution in [1.82, 2.24) is 20.4 Å². The summed E-state index contributed by atoms with van der Waals surface area (Å²) in [6.45, 7) is 14.2. The van der Waals surface area contributed by atoms with Crippen molar-refractivity contribution in [3.8, 4) is 0 Å². The molecule has 0 spiro atoms. The standard InChI is InChI=1S/C16H35N5O.HI/c1-4-17-16(18-8-6-15-22-5-2)19-9-12-21-11-7-10-20(3)13-14-21;/h4-15H2,1-3H3,(H2,17,18,19);1H. The topological polar surface area (TPSA) is 52.1 Å². The first-order chi connectivity index (χ1) is 10.8. The van der Waals surface area contributed by atoms with Crippen LogP contribution in [0.3, 0.4) is 0 Å². The van der Waals surface area contributed by atoms with Crippen molar-refractivity contribution in [2.24, 2.45) is 4.99 Å². The number of hydrogen-bond acceptors (Lipinski definition) is 4. The Kier molecular flexibility index (Phi) is 15.3. The van der Waals surface area contributed by atoms with Gasteiger partial charge >= 0.3 is 0 Å². The van der Waals surface area contributed by atoms with E-state index in [-0.39, 0.29) is 24.0 Å². The predicted octanol–water partition coefficient (Wildman–Crippen LogP) is 1.22. The Hall–Kier alpha value is -0.120. The Labute approximate surface area is 159 Å². The van der Waals surface area contributed by atoms with Crippen LogP contribution in [0.5, 0.6) is 0 Å². The van der Waals surface area contributed by atoms with Gasteiger partial charge in [0.05, 0.1) is 0 Å². The van der Waals surface area contributed by atoms with Gasteiger partial charge in [0.25, 0.3) is 0 Å². The van der Waals surface area contributed by atoms with Crippen LogP contribution in [-0.4, -0.2) is 88.4 Å². The molecule has 0 bridgehead atoms. The first kappa shape index (κ1) is 22.9. The quantitative estimate of drug-likeness (QED) is 0.244. The predicted molar refractivity (Wildman–Crippen MR) is 109 cm³/mol. The van der Waals surface area contributed by atoms with Crippen LogP contribution >= 0.6 is 24.0 Å². The SMILES string of the molecule is CCNC(=NCCCOCC)NCCN1CCCN(C)CC1.I. The largest absolute Gasteiger partial charge is 0.382 e. The van der Waals surface area contributed by atoms with E-state index in [1.54, 1.807) is 0 Å². The first-order valence-corrected chi connectivity index (χ1v) is 8.77. The molecule has 6 nitrogen and oxygen atoms in total. The summed E-state index contributed by atoms with van der Waals surface area (Å²) in [6.07, 6.45) is 2.24. The second-order valence-electron chi connectivity index (χ2n) is 5.74. The van der Waals surface area contributed by atoms with Gasteiger partial charge in [0.15, 0.2) is 5.96 Å². The fourth-order valence-electron chi connectivity index (χ4n) is 2.50. The van der Waals surface area contributed by atoms with Gasteiger partial charge in [0, 0.05) is 52.5 Å². The molecule has 1 fully saturated rings. The zero-order valence-corrected chi connectivity index (χ0v) is 17.5. The molecule has 1 aliphatic rings. The van der Waals surface area contributed by atoms with E-state index in [0.29, 0.717) is 0 Å². The molecule has 0 aromatic heterocycles. The molecule has 1 saturated heterocycles. The molecule has 1 rings (SSSR count). The van der Waals surface area contributed by atoms with E-state index in [2.05, 4.69) is 39.4 Å². The lowest BCUT2D eigenvalue weighted by molar-refractivity contribution is 0.146. The molecule has 1 aliphatic heterocycles. The molecular formula is C16H36IN5O. The summed E-state index contributed by atoms with van der Waals surface area (Å²) < 4.78 is 5.34. The monoisotopic (exact) mass is 441 g/mol. The molecule has 0 aromatic carbocycles. The average molecular weight is 441 g/mol. The lowest BCUT2D eigenvalue weighted by Gasteiger charge is -2.21. The lowest BCUT2D eigenvalue weighted by atomic mass is 10.4. The summed E-state index contributed by atoms with van der Waals surface area (Å²) in [7, 11) is 2.21. The summed E-state index contributed by atoms with van der Waals surface area (Å²) in [5, 5.41) is 6.74. The Morgan fingerprint density at radius 1 is 1.13 bits per heavy atom. The van der Waals surface area contributed by atoms with E-state index in [0.717, 1.165) is 51.8 Å². The fraction of sp³-hybridized carbons (Fsp3) is 0.938. The van der Waals surface area contributed by atoms with E-state index in [9.17, 15) is 0 Å². The van der Waals surface area contributed by atoms with Gasteiger partial charge < -0.3 is 25.2 Å². The maximum Gasteiger partial charge on any atom is 0.191 e. The molecule has 0 aromatic rings. The molecule has 0 radical (unpaired) electrons. The fourth-order valence-corrected chi connectivity index (χ4v) is 2.50. The maximum atomic E-state index is 5.34. The highest BCUT2D eigenvalue weighted by Crippen LogP contribution is 1.99. The number of rotatable bonds is 9. The van der Waals surface area contributed by atoms with Gasteiger partial charge in [0.2, 0.25) is 0 Å². The van der Waals surface area contributed by atoms with Crippen LogP contribution in [-0.2, 0) is 4.74 Å². The van der Waals surface area contributed by atoms with Crippen LogP contribution in [0.25, 0.3) is 0 Å². The van der Waals surface area contributed by atoms with E-state index >= 15 is 0 Å². The van der Waals surface area contributed by atoms with Crippen LogP contribution in [0.15, 0.2) is 4.99 Å². The number of nitrogens with one attached hydrogen (secondary N) is 2. The smallest absolute Gasteiger partial charge is 0.191 e. The zero-order valence-electron chi connectivity index (χ0n) is 15.1. The number of halogens is 1. The van der Waals surface area contributed by atoms with Crippen molar-refractivity contribution in [3.63, 3.8) is 0 Å². The number of nitrogens with zero attached hydrogens (tertiary/aromatic N) is 3. The van der Waals surface area contributed by atoms with Gasteiger partial charge in [-0.2, -0.15) is 0 Å². The average Bonchev–Trinajstić information content (AvgIpc) is 2.72. The number of hydrogen-bond donors (Lipinski definition) is 2. The van der Waals surface area contributed by atoms with Crippen molar-refractivity contribution in [2.45, 2.75) is 26.7 Å². The van der Waals surface area contributed by atoms with Gasteiger partial charge in [-0.25, -0.2) is 0 Å². The maximum absolute atomic E-state index is 5.34. The van der Waals surface area contributed by atoms with Gasteiger partial charge in [-0.15, -0.1) is 24.0 Å². The lowest BCUT2D eigenvalue weighted by Crippen LogP contribution is -2.42. The van der Waals surface area contributed by atoms with E-state index in [1.165, 1.54) is 32.6 Å². The number of guanidine groups is 1. The summed E-state index contributed by atoms with van der Waals surface area (Å²) in [5.41, 5.74) is 0. The number of likely N-dealkylation sites (N-methyl/N-ethyl adjacent to an activating group) is 1. The second kappa shape index (κ2) is 15.4. The van der Waals surface area contributed by atoms with Crippen molar-refractivity contribution >= 4 is 29.9 Å². The third kappa shape index (κ3) is 12.0. The van der Waals surface area contributed by atoms with Gasteiger partial charge in [0.1, 0.15) is 0 Å². The minimum Gasteiger partial charge on any atom is -0.382 e. The van der Waals surface area contributed by atoms with E-state index in [1.807, 2.05) is 6.92 Å². The highest BCUT2D eigenvalue weighted by atomic mass is 127. The van der Waals surface area contributed by atoms with Gasteiger partial charge in [-0.1, -0.05) is 0 Å². The summed E-state index contributed by atoms with van der Waals surface area (Å²) in [5.74, 6) is 0.922. The zero-order chi connectivity index (χ0) is 16.0. The number of ether oxygens (including phenoxy) is 1. The minimum absolute atomic E-state index is 0. The molecular weight excluding hydrogens is 405 g/mol. The summed E-state index contributed by atoms with van der Waals surface area (Å²) in [4.78, 5) is 9.54. The first-order valence-electron chi connectivity index (χ1n) is 8.77. The van der Waals surface area contributed by atoms with Gasteiger partial charge in [-0.05, 0) is 46.8 Å². The molecule has 0 aliphatic carbocycles. The molecule has 0 amide bonds. The Balaban J connectivity index is 0.00000484. The van der Waals surface area contributed by atoms with Crippen LogP contribution < -0.4 is 10.6 Å². The highest BCUT2D eigenvalue weighted by Gasteiger charge is 2.11. The minimum atomic E-state index is 0. The molecule has 1 heterocycles. The molecule has 2 N–H and O–H groups in total. The Morgan fingerprint density at radius 3 is 2.70 bits per heavy atom. The molecule has 7 heteroatoms. The van der Waals surface area contributed by atoms with Crippen LogP contribution in [0, 0.1) is 0 Å². The Bertz CT molecular complexity index is 304. The van der Waals surface area contributed by atoms with Crippen LogP contribution in [0.4, 0.5) is 0 Å². The van der Waals surface area contributed by atoms with Crippen molar-refractivity contribution < 1.29 is 4.74 Å².